The van der Waals surface area contributed by atoms with E-state index in [1.165, 1.54) is 0 Å². The lowest BCUT2D eigenvalue weighted by Crippen LogP contribution is -2.21. The first-order valence-corrected chi connectivity index (χ1v) is 7.97. The number of aromatic nitrogens is 4. The third-order valence-corrected chi connectivity index (χ3v) is 3.19. The molecule has 0 atom stereocenters. The molecule has 0 aliphatic heterocycles. The summed E-state index contributed by atoms with van der Waals surface area (Å²) >= 11 is 0. The average molecular weight is 468 g/mol. The predicted molar refractivity (Wildman–Crippen MR) is 98.1 cm³/mol. The van der Waals surface area contributed by atoms with Crippen LogP contribution in [-0.4, -0.2) is 54.7 Å². The quantitative estimate of drug-likeness (QED) is 0.335. The highest BCUT2D eigenvalue weighted by molar-refractivity contribution is 5.91. The minimum absolute atomic E-state index is 0.364. The van der Waals surface area contributed by atoms with Crippen LogP contribution in [0.2, 0.25) is 0 Å². The summed E-state index contributed by atoms with van der Waals surface area (Å²) in [6.45, 7) is 1.94. The number of fused-ring (bicyclic) bond motifs is 1. The molecule has 0 amide bonds. The Kier molecular flexibility index (Phi) is 7.94. The van der Waals surface area contributed by atoms with Gasteiger partial charge in [0.05, 0.1) is 11.2 Å². The van der Waals surface area contributed by atoms with Gasteiger partial charge in [-0.3, -0.25) is 5.10 Å². The zero-order chi connectivity index (χ0) is 24.9. The molecule has 0 aliphatic carbocycles. The number of aryl methyl sites for hydroxylation is 1. The monoisotopic (exact) mass is 468 g/mol. The Bertz CT molecular complexity index is 1090. The van der Waals surface area contributed by atoms with Gasteiger partial charge >= 0.3 is 24.3 Å². The number of alkyl halides is 6. The second-order valence-electron chi connectivity index (χ2n) is 5.74. The lowest BCUT2D eigenvalue weighted by Gasteiger charge is -2.04. The number of nitrogens with two attached hydrogens (primary N) is 2. The maximum Gasteiger partial charge on any atom is 0.490 e. The number of anilines is 2. The summed E-state index contributed by atoms with van der Waals surface area (Å²) in [7, 11) is 0. The number of nitrogens with one attached hydrogen (secondary N) is 1. The van der Waals surface area contributed by atoms with Crippen LogP contribution in [-0.2, 0) is 9.59 Å². The number of aliphatic carboxylic acids is 2. The number of halogens is 6. The molecule has 0 bridgehead atoms. The van der Waals surface area contributed by atoms with Crippen LogP contribution in [0.5, 0.6) is 0 Å². The van der Waals surface area contributed by atoms with Gasteiger partial charge in [0.2, 0.25) is 0 Å². The van der Waals surface area contributed by atoms with Crippen LogP contribution in [0.3, 0.4) is 0 Å². The molecule has 3 heterocycles. The molecule has 0 aliphatic rings. The summed E-state index contributed by atoms with van der Waals surface area (Å²) in [5, 5.41) is 22.1. The summed E-state index contributed by atoms with van der Waals surface area (Å²) in [4.78, 5) is 26.3. The van der Waals surface area contributed by atoms with E-state index in [1.807, 2.05) is 25.1 Å². The number of nitrogen functional groups attached to an aromatic ring is 2. The number of hydrogen-bond acceptors (Lipinski definition) is 7. The number of pyridine rings is 2. The van der Waals surface area contributed by atoms with Crippen molar-refractivity contribution in [3.63, 3.8) is 0 Å². The number of hydrogen-bond donors (Lipinski definition) is 5. The Labute approximate surface area is 173 Å². The van der Waals surface area contributed by atoms with Gasteiger partial charge in [-0.1, -0.05) is 0 Å². The van der Waals surface area contributed by atoms with Crippen molar-refractivity contribution in [3.05, 3.63) is 30.0 Å². The van der Waals surface area contributed by atoms with Crippen LogP contribution >= 0.6 is 0 Å². The summed E-state index contributed by atoms with van der Waals surface area (Å²) < 4.78 is 63.5. The highest BCUT2D eigenvalue weighted by Crippen LogP contribution is 2.24. The third kappa shape index (κ3) is 7.62. The maximum absolute atomic E-state index is 10.6. The highest BCUT2D eigenvalue weighted by atomic mass is 19.4. The van der Waals surface area contributed by atoms with Crippen LogP contribution < -0.4 is 11.5 Å². The van der Waals surface area contributed by atoms with Gasteiger partial charge in [0.1, 0.15) is 17.3 Å². The summed E-state index contributed by atoms with van der Waals surface area (Å²) in [6, 6.07) is 7.38. The van der Waals surface area contributed by atoms with Crippen molar-refractivity contribution < 1.29 is 46.1 Å². The van der Waals surface area contributed by atoms with E-state index in [4.69, 9.17) is 31.3 Å². The van der Waals surface area contributed by atoms with Gasteiger partial charge < -0.3 is 21.7 Å². The number of nitrogens with zero attached hydrogens (tertiary/aromatic N) is 3. The van der Waals surface area contributed by atoms with Crippen molar-refractivity contribution in [1.29, 1.82) is 0 Å². The van der Waals surface area contributed by atoms with Gasteiger partial charge in [0.25, 0.3) is 0 Å². The van der Waals surface area contributed by atoms with Crippen LogP contribution in [0.15, 0.2) is 24.3 Å². The fourth-order valence-electron chi connectivity index (χ4n) is 1.87. The van der Waals surface area contributed by atoms with Crippen LogP contribution in [0.4, 0.5) is 38.0 Å². The molecule has 3 aromatic heterocycles. The Morgan fingerprint density at radius 2 is 1.41 bits per heavy atom. The van der Waals surface area contributed by atoms with Crippen molar-refractivity contribution in [3.8, 4) is 11.4 Å². The van der Waals surface area contributed by atoms with Gasteiger partial charge in [-0.15, -0.1) is 0 Å². The number of carboxylic acid groups (broad SMARTS) is 2. The number of carbonyl (C=O) groups is 2. The molecule has 0 saturated heterocycles. The first-order valence-electron chi connectivity index (χ1n) is 7.97. The molecule has 0 unspecified atom stereocenters. The van der Waals surface area contributed by atoms with Crippen molar-refractivity contribution in [1.82, 2.24) is 20.2 Å². The van der Waals surface area contributed by atoms with E-state index in [-0.39, 0.29) is 0 Å². The van der Waals surface area contributed by atoms with Gasteiger partial charge in [-0.25, -0.2) is 19.6 Å². The average Bonchev–Trinajstić information content (AvgIpc) is 3.07. The molecule has 3 aromatic rings. The molecular weight excluding hydrogens is 454 g/mol. The molecule has 10 nitrogen and oxygen atoms in total. The highest BCUT2D eigenvalue weighted by Gasteiger charge is 2.38. The SMILES string of the molecule is Cc1cc(-c2ccc3c(N)nc(N)cc3n2)n[nH]1.O=C(O)C(F)(F)F.O=C(O)C(F)(F)F. The number of H-pyrrole nitrogens is 1. The predicted octanol–water partition coefficient (Wildman–Crippen LogP) is 2.76. The Morgan fingerprint density at radius 3 is 1.81 bits per heavy atom. The Morgan fingerprint density at radius 1 is 0.906 bits per heavy atom. The Hall–Kier alpha value is -4.11. The number of aromatic amines is 1. The molecule has 16 heteroatoms. The van der Waals surface area contributed by atoms with Crippen molar-refractivity contribution in [2.75, 3.05) is 11.5 Å². The van der Waals surface area contributed by atoms with Crippen molar-refractivity contribution >= 4 is 34.5 Å². The molecule has 3 rings (SSSR count). The first-order chi connectivity index (χ1) is 14.5. The fraction of sp³-hybridized carbons (Fsp3) is 0.188. The molecule has 0 fully saturated rings. The fourth-order valence-corrected chi connectivity index (χ4v) is 1.87. The van der Waals surface area contributed by atoms with Crippen LogP contribution in [0, 0.1) is 6.92 Å². The second-order valence-corrected chi connectivity index (χ2v) is 5.74. The van der Waals surface area contributed by atoms with E-state index >= 15 is 0 Å². The van der Waals surface area contributed by atoms with Crippen LogP contribution in [0.25, 0.3) is 22.3 Å². The van der Waals surface area contributed by atoms with Crippen molar-refractivity contribution in [2.45, 2.75) is 19.3 Å². The van der Waals surface area contributed by atoms with Crippen LogP contribution in [0.1, 0.15) is 5.69 Å². The smallest absolute Gasteiger partial charge is 0.475 e. The molecule has 0 spiro atoms. The molecule has 0 aromatic carbocycles. The summed E-state index contributed by atoms with van der Waals surface area (Å²) in [5.74, 6) is -4.76. The lowest BCUT2D eigenvalue weighted by molar-refractivity contribution is -0.193. The standard InChI is InChI=1S/C12H12N6.2C2HF3O2/c1-6-4-10(18-17-6)8-3-2-7-9(15-8)5-11(13)16-12(7)14;2*3-2(4,5)1(6)7/h2-5H,1H3,(H,17,18)(H4,13,14,16);2*(H,6,7). The molecule has 32 heavy (non-hydrogen) atoms. The Balaban J connectivity index is 0.000000305. The van der Waals surface area contributed by atoms with Gasteiger partial charge in [0.15, 0.2) is 0 Å². The van der Waals surface area contributed by atoms with Crippen molar-refractivity contribution in [2.24, 2.45) is 0 Å². The van der Waals surface area contributed by atoms with E-state index in [0.29, 0.717) is 11.6 Å². The molecule has 0 saturated carbocycles. The number of rotatable bonds is 1. The van der Waals surface area contributed by atoms with E-state index in [0.717, 1.165) is 28.0 Å². The molecular formula is C16H14F6N6O4. The molecule has 7 N–H and O–H groups in total. The van der Waals surface area contributed by atoms with Gasteiger partial charge in [-0.2, -0.15) is 31.4 Å². The largest absolute Gasteiger partial charge is 0.490 e. The first kappa shape index (κ1) is 25.9. The maximum atomic E-state index is 10.6. The zero-order valence-electron chi connectivity index (χ0n) is 15.8. The van der Waals surface area contributed by atoms with E-state index < -0.39 is 24.3 Å². The van der Waals surface area contributed by atoms with E-state index in [1.54, 1.807) is 6.07 Å². The lowest BCUT2D eigenvalue weighted by atomic mass is 10.2. The molecule has 0 radical (unpaired) electrons. The summed E-state index contributed by atoms with van der Waals surface area (Å²) in [6.07, 6.45) is -10.2. The third-order valence-electron chi connectivity index (χ3n) is 3.19. The minimum atomic E-state index is -5.08. The zero-order valence-corrected chi connectivity index (χ0v) is 15.8. The minimum Gasteiger partial charge on any atom is -0.475 e. The second kappa shape index (κ2) is 9.80. The number of carboxylic acids is 2. The topological polar surface area (TPSA) is 181 Å². The van der Waals surface area contributed by atoms with E-state index in [2.05, 4.69) is 20.2 Å². The van der Waals surface area contributed by atoms with Gasteiger partial charge in [-0.05, 0) is 25.1 Å². The molecule has 174 valence electrons. The van der Waals surface area contributed by atoms with E-state index in [9.17, 15) is 26.3 Å². The normalized spacial score (nSPS) is 11.1. The summed E-state index contributed by atoms with van der Waals surface area (Å²) in [5.41, 5.74) is 14.7. The van der Waals surface area contributed by atoms with Gasteiger partial charge in [0, 0.05) is 17.1 Å².